The van der Waals surface area contributed by atoms with Gasteiger partial charge >= 0.3 is 0 Å². The Morgan fingerprint density at radius 2 is 0.484 bits per heavy atom. The molecule has 0 rings (SSSR count). The first-order valence-corrected chi connectivity index (χ1v) is 26.8. The van der Waals surface area contributed by atoms with E-state index in [0.717, 1.165) is 64.2 Å². The van der Waals surface area contributed by atoms with Gasteiger partial charge in [0.1, 0.15) is 0 Å². The van der Waals surface area contributed by atoms with Crippen LogP contribution in [-0.4, -0.2) is 72.2 Å². The van der Waals surface area contributed by atoms with Crippen molar-refractivity contribution < 1.29 is 29.4 Å². The van der Waals surface area contributed by atoms with Crippen molar-refractivity contribution in [3.05, 3.63) is 0 Å². The zero-order valence-electron chi connectivity index (χ0n) is 40.8. The largest absolute Gasteiger partial charge is 0.380 e. The molecule has 6 N–H and O–H groups in total. The molecule has 62 heavy (non-hydrogen) atoms. The zero-order valence-corrected chi connectivity index (χ0v) is 40.8. The Balaban J connectivity index is 3.56. The first-order chi connectivity index (χ1) is 30.3. The van der Waals surface area contributed by atoms with Crippen LogP contribution in [0.1, 0.15) is 271 Å². The minimum absolute atomic E-state index is 0.126. The third-order valence-electron chi connectivity index (χ3n) is 12.3. The van der Waals surface area contributed by atoms with Gasteiger partial charge < -0.3 is 31.5 Å². The van der Waals surface area contributed by atoms with Crippen LogP contribution >= 0.6 is 0 Å². The van der Waals surface area contributed by atoms with Crippen molar-refractivity contribution in [2.45, 2.75) is 283 Å². The van der Waals surface area contributed by atoms with E-state index in [9.17, 15) is 29.4 Å². The minimum Gasteiger partial charge on any atom is -0.380 e. The zero-order chi connectivity index (χ0) is 45.4. The molecule has 366 valence electrons. The van der Waals surface area contributed by atoms with Gasteiger partial charge in [-0.25, -0.2) is 0 Å². The smallest absolute Gasteiger partial charge is 0.252 e. The second-order valence-electron chi connectivity index (χ2n) is 18.4. The maximum absolute atomic E-state index is 12.3. The fourth-order valence-electron chi connectivity index (χ4n) is 8.07. The molecular weight excluding hydrogens is 777 g/mol. The molecule has 0 aliphatic carbocycles. The molecule has 0 saturated heterocycles. The number of aliphatic hydroxyl groups excluding tert-OH is 2. The Bertz CT molecular complexity index is 936. The lowest BCUT2D eigenvalue weighted by Crippen LogP contribution is -2.49. The van der Waals surface area contributed by atoms with E-state index in [0.29, 0.717) is 51.9 Å². The van der Waals surface area contributed by atoms with Crippen LogP contribution in [0.25, 0.3) is 0 Å². The van der Waals surface area contributed by atoms with Crippen molar-refractivity contribution >= 4 is 23.6 Å². The highest BCUT2D eigenvalue weighted by atomic mass is 16.3. The van der Waals surface area contributed by atoms with E-state index in [4.69, 9.17) is 0 Å². The molecule has 0 aromatic heterocycles. The molecule has 0 aliphatic rings. The average molecular weight is 879 g/mol. The monoisotopic (exact) mass is 879 g/mol. The third-order valence-corrected chi connectivity index (χ3v) is 12.3. The lowest BCUT2D eigenvalue weighted by Gasteiger charge is -2.17. The van der Waals surface area contributed by atoms with Crippen LogP contribution in [0.2, 0.25) is 0 Å². The topological polar surface area (TPSA) is 157 Å². The van der Waals surface area contributed by atoms with Gasteiger partial charge in [-0.05, 0) is 38.5 Å². The molecule has 2 atom stereocenters. The van der Waals surface area contributed by atoms with Gasteiger partial charge in [0.05, 0.1) is 0 Å². The summed E-state index contributed by atoms with van der Waals surface area (Å²) >= 11 is 0. The summed E-state index contributed by atoms with van der Waals surface area (Å²) in [6, 6.07) is 0. The summed E-state index contributed by atoms with van der Waals surface area (Å²) in [4.78, 5) is 48.8. The normalized spacial score (nSPS) is 12.3. The molecule has 0 unspecified atom stereocenters. The summed E-state index contributed by atoms with van der Waals surface area (Å²) in [6.07, 6.45) is 43.7. The van der Waals surface area contributed by atoms with Crippen molar-refractivity contribution in [2.75, 3.05) is 26.2 Å². The average Bonchev–Trinajstić information content (AvgIpc) is 3.27. The predicted molar refractivity (Wildman–Crippen MR) is 260 cm³/mol. The molecule has 0 spiro atoms. The van der Waals surface area contributed by atoms with Crippen LogP contribution in [-0.2, 0) is 19.2 Å². The van der Waals surface area contributed by atoms with Crippen molar-refractivity contribution in [3.8, 4) is 0 Å². The van der Waals surface area contributed by atoms with Gasteiger partial charge in [0.2, 0.25) is 11.8 Å². The van der Waals surface area contributed by atoms with Gasteiger partial charge in [0.25, 0.3) is 11.8 Å². The molecule has 10 heteroatoms. The second-order valence-corrected chi connectivity index (χ2v) is 18.4. The predicted octanol–water partition coefficient (Wildman–Crippen LogP) is 11.8. The van der Waals surface area contributed by atoms with Gasteiger partial charge in [0, 0.05) is 39.0 Å². The molecule has 0 saturated carbocycles. The first-order valence-electron chi connectivity index (χ1n) is 26.8. The maximum Gasteiger partial charge on any atom is 0.252 e. The number of carbonyl (C=O) groups is 4. The van der Waals surface area contributed by atoms with E-state index in [2.05, 4.69) is 35.1 Å². The fourth-order valence-corrected chi connectivity index (χ4v) is 8.07. The second kappa shape index (κ2) is 48.3. The van der Waals surface area contributed by atoms with Crippen molar-refractivity contribution in [2.24, 2.45) is 0 Å². The highest BCUT2D eigenvalue weighted by Crippen LogP contribution is 2.15. The maximum atomic E-state index is 12.3. The highest BCUT2D eigenvalue weighted by molar-refractivity contribution is 5.90. The van der Waals surface area contributed by atoms with E-state index in [1.165, 1.54) is 167 Å². The minimum atomic E-state index is -1.83. The number of nitrogens with one attached hydrogen (secondary N) is 4. The lowest BCUT2D eigenvalue weighted by molar-refractivity contribution is -0.146. The summed E-state index contributed by atoms with van der Waals surface area (Å²) in [7, 11) is 0. The van der Waals surface area contributed by atoms with E-state index in [1.807, 2.05) is 0 Å². The van der Waals surface area contributed by atoms with E-state index >= 15 is 0 Å². The fraction of sp³-hybridized carbons (Fsp3) is 0.923. The molecule has 0 fully saturated rings. The van der Waals surface area contributed by atoms with Crippen molar-refractivity contribution in [1.29, 1.82) is 0 Å². The number of hydrogen-bond acceptors (Lipinski definition) is 6. The van der Waals surface area contributed by atoms with Crippen LogP contribution in [0.5, 0.6) is 0 Å². The third kappa shape index (κ3) is 43.1. The van der Waals surface area contributed by atoms with Gasteiger partial charge in [-0.15, -0.1) is 0 Å². The van der Waals surface area contributed by atoms with Crippen LogP contribution in [0.3, 0.4) is 0 Å². The van der Waals surface area contributed by atoms with E-state index in [-0.39, 0.29) is 11.8 Å². The quantitative estimate of drug-likeness (QED) is 0.0334. The Hall–Kier alpha value is -2.20. The molecule has 0 aromatic rings. The van der Waals surface area contributed by atoms with Gasteiger partial charge in [-0.2, -0.15) is 0 Å². The summed E-state index contributed by atoms with van der Waals surface area (Å²) in [5.74, 6) is -1.28. The summed E-state index contributed by atoms with van der Waals surface area (Å²) in [5.41, 5.74) is 0. The Labute approximate surface area is 382 Å². The Morgan fingerprint density at radius 1 is 0.290 bits per heavy atom. The molecule has 0 radical (unpaired) electrons. The Kier molecular flexibility index (Phi) is 46.5. The number of amides is 4. The molecule has 0 aliphatic heterocycles. The summed E-state index contributed by atoms with van der Waals surface area (Å²) in [6.45, 7) is 6.53. The number of hydrogen-bond donors (Lipinski definition) is 6. The molecule has 10 nitrogen and oxygen atoms in total. The molecule has 0 heterocycles. The molecule has 4 amide bonds. The van der Waals surface area contributed by atoms with Crippen LogP contribution in [0.15, 0.2) is 0 Å². The standard InChI is InChI=1S/C52H102N4O6/c1-3-5-7-9-11-13-15-17-19-21-23-25-27-29-35-41-47(57)53-43-37-31-33-39-45-55-51(61)49(59)50(60)52(62)56-46-40-34-32-38-44-54-48(58)42-36-30-28-26-24-22-20-18-16-14-12-10-8-6-4-2/h49-50,59-60H,3-46H2,1-2H3,(H,53,57)(H,54,58)(H,55,61)(H,56,62)/t49-,50-/m1/s1. The molecule has 0 bridgehead atoms. The van der Waals surface area contributed by atoms with Crippen LogP contribution in [0.4, 0.5) is 0 Å². The Morgan fingerprint density at radius 3 is 0.726 bits per heavy atom. The van der Waals surface area contributed by atoms with Crippen molar-refractivity contribution in [3.63, 3.8) is 0 Å². The number of unbranched alkanes of at least 4 members (excludes halogenated alkanes) is 34. The van der Waals surface area contributed by atoms with Gasteiger partial charge in [-0.1, -0.05) is 219 Å². The summed E-state index contributed by atoms with van der Waals surface area (Å²) in [5, 5.41) is 31.6. The number of carbonyl (C=O) groups excluding carboxylic acids is 4. The van der Waals surface area contributed by atoms with Crippen LogP contribution in [0, 0.1) is 0 Å². The molecule has 0 aromatic carbocycles. The van der Waals surface area contributed by atoms with Gasteiger partial charge in [-0.3, -0.25) is 19.2 Å². The van der Waals surface area contributed by atoms with Gasteiger partial charge in [0.15, 0.2) is 12.2 Å². The SMILES string of the molecule is CCCCCCCCCCCCCCCCCC(=O)NCCCCCCNC(=O)[C@H](O)[C@@H](O)C(=O)NCCCCCCNC(=O)CCCCCCCCCCCCCCCCC. The first kappa shape index (κ1) is 59.8. The van der Waals surface area contributed by atoms with E-state index in [1.54, 1.807) is 0 Å². The van der Waals surface area contributed by atoms with Crippen LogP contribution < -0.4 is 21.3 Å². The number of aliphatic hydroxyl groups is 2. The summed E-state index contributed by atoms with van der Waals surface area (Å²) < 4.78 is 0. The lowest BCUT2D eigenvalue weighted by atomic mass is 10.0. The van der Waals surface area contributed by atoms with E-state index < -0.39 is 24.0 Å². The highest BCUT2D eigenvalue weighted by Gasteiger charge is 2.29. The van der Waals surface area contributed by atoms with Crippen molar-refractivity contribution in [1.82, 2.24) is 21.3 Å². The number of rotatable bonds is 49. The molecular formula is C52H102N4O6.